The fraction of sp³-hybridized carbons (Fsp3) is 0.538. The number of hydrogen-bond acceptors (Lipinski definition) is 1. The van der Waals surface area contributed by atoms with Crippen LogP contribution in [0.25, 0.3) is 0 Å². The highest BCUT2D eigenvalue weighted by atomic mass is 14.9. The molecule has 0 saturated heterocycles. The van der Waals surface area contributed by atoms with E-state index in [-0.39, 0.29) is 5.54 Å². The van der Waals surface area contributed by atoms with Crippen molar-refractivity contribution in [3.05, 3.63) is 34.9 Å². The van der Waals surface area contributed by atoms with Crippen LogP contribution in [-0.2, 0) is 6.42 Å². The van der Waals surface area contributed by atoms with Gasteiger partial charge in [0.05, 0.1) is 0 Å². The van der Waals surface area contributed by atoms with Crippen LogP contribution in [0.1, 0.15) is 30.5 Å². The second-order valence-corrected chi connectivity index (χ2v) is 4.67. The van der Waals surface area contributed by atoms with E-state index in [1.54, 1.807) is 0 Å². The van der Waals surface area contributed by atoms with E-state index in [0.29, 0.717) is 0 Å². The Labute approximate surface area is 87.5 Å². The molecule has 0 fully saturated rings. The fourth-order valence-corrected chi connectivity index (χ4v) is 1.57. The molecule has 0 unspecified atom stereocenters. The molecule has 0 atom stereocenters. The van der Waals surface area contributed by atoms with Crippen LogP contribution in [0.4, 0.5) is 0 Å². The Balaban J connectivity index is 2.92. The molecule has 1 rings (SSSR count). The number of aryl methyl sites for hydroxylation is 1. The van der Waals surface area contributed by atoms with Crippen LogP contribution in [0.15, 0.2) is 18.2 Å². The third kappa shape index (κ3) is 2.58. The van der Waals surface area contributed by atoms with Crippen molar-refractivity contribution < 1.29 is 0 Å². The Bertz CT molecular complexity index is 313. The average Bonchev–Trinajstić information content (AvgIpc) is 2.13. The summed E-state index contributed by atoms with van der Waals surface area (Å²) in [5.74, 6) is 0. The SMILES string of the molecule is CNC(C)(C)Cc1cccc(C)c1C. The highest BCUT2D eigenvalue weighted by Crippen LogP contribution is 2.18. The summed E-state index contributed by atoms with van der Waals surface area (Å²) in [5.41, 5.74) is 4.44. The highest BCUT2D eigenvalue weighted by Gasteiger charge is 2.16. The van der Waals surface area contributed by atoms with E-state index in [1.807, 2.05) is 7.05 Å². The van der Waals surface area contributed by atoms with E-state index >= 15 is 0 Å². The zero-order chi connectivity index (χ0) is 10.8. The third-order valence-corrected chi connectivity index (χ3v) is 3.03. The number of likely N-dealkylation sites (N-methyl/N-ethyl adjacent to an activating group) is 1. The van der Waals surface area contributed by atoms with E-state index in [1.165, 1.54) is 16.7 Å². The Morgan fingerprint density at radius 1 is 1.21 bits per heavy atom. The summed E-state index contributed by atoms with van der Waals surface area (Å²) in [4.78, 5) is 0. The molecule has 1 aromatic carbocycles. The van der Waals surface area contributed by atoms with Crippen molar-refractivity contribution in [2.75, 3.05) is 7.05 Å². The molecule has 1 aromatic rings. The summed E-state index contributed by atoms with van der Waals surface area (Å²) in [6, 6.07) is 6.54. The second kappa shape index (κ2) is 4.14. The molecule has 0 bridgehead atoms. The lowest BCUT2D eigenvalue weighted by molar-refractivity contribution is 0.421. The van der Waals surface area contributed by atoms with Crippen molar-refractivity contribution in [3.8, 4) is 0 Å². The lowest BCUT2D eigenvalue weighted by Gasteiger charge is -2.25. The molecule has 14 heavy (non-hydrogen) atoms. The van der Waals surface area contributed by atoms with Crippen LogP contribution in [0.5, 0.6) is 0 Å². The summed E-state index contributed by atoms with van der Waals surface area (Å²) < 4.78 is 0. The van der Waals surface area contributed by atoms with Gasteiger partial charge in [-0.2, -0.15) is 0 Å². The van der Waals surface area contributed by atoms with Crippen LogP contribution in [0.3, 0.4) is 0 Å². The molecule has 0 radical (unpaired) electrons. The quantitative estimate of drug-likeness (QED) is 0.774. The Morgan fingerprint density at radius 2 is 1.86 bits per heavy atom. The molecule has 0 saturated carbocycles. The molecule has 0 spiro atoms. The number of hydrogen-bond donors (Lipinski definition) is 1. The van der Waals surface area contributed by atoms with Gasteiger partial charge in [-0.25, -0.2) is 0 Å². The molecule has 0 aliphatic rings. The van der Waals surface area contributed by atoms with Crippen molar-refractivity contribution in [2.45, 2.75) is 39.7 Å². The van der Waals surface area contributed by atoms with Gasteiger partial charge in [-0.15, -0.1) is 0 Å². The Hall–Kier alpha value is -0.820. The van der Waals surface area contributed by atoms with Gasteiger partial charge in [0.25, 0.3) is 0 Å². The molecule has 1 heteroatoms. The van der Waals surface area contributed by atoms with Gasteiger partial charge in [0.15, 0.2) is 0 Å². The van der Waals surface area contributed by atoms with Crippen molar-refractivity contribution in [1.29, 1.82) is 0 Å². The minimum absolute atomic E-state index is 0.179. The molecule has 0 heterocycles. The van der Waals surface area contributed by atoms with Gasteiger partial charge in [0, 0.05) is 5.54 Å². The van der Waals surface area contributed by atoms with Crippen LogP contribution in [0, 0.1) is 13.8 Å². The molecule has 1 nitrogen and oxygen atoms in total. The van der Waals surface area contributed by atoms with Gasteiger partial charge in [-0.1, -0.05) is 18.2 Å². The molecule has 0 amide bonds. The molecular weight excluding hydrogens is 170 g/mol. The van der Waals surface area contributed by atoms with Gasteiger partial charge in [-0.3, -0.25) is 0 Å². The minimum atomic E-state index is 0.179. The zero-order valence-electron chi connectivity index (χ0n) is 9.94. The summed E-state index contributed by atoms with van der Waals surface area (Å²) in [6.07, 6.45) is 1.08. The predicted molar refractivity (Wildman–Crippen MR) is 62.8 cm³/mol. The molecule has 0 aliphatic heterocycles. The third-order valence-electron chi connectivity index (χ3n) is 3.03. The van der Waals surface area contributed by atoms with E-state index in [4.69, 9.17) is 0 Å². The first-order chi connectivity index (χ1) is 6.46. The normalized spacial score (nSPS) is 11.8. The maximum atomic E-state index is 3.34. The van der Waals surface area contributed by atoms with Crippen molar-refractivity contribution >= 4 is 0 Å². The summed E-state index contributed by atoms with van der Waals surface area (Å²) in [6.45, 7) is 8.84. The molecule has 78 valence electrons. The maximum absolute atomic E-state index is 3.34. The first-order valence-electron chi connectivity index (χ1n) is 5.20. The fourth-order valence-electron chi connectivity index (χ4n) is 1.57. The van der Waals surface area contributed by atoms with E-state index in [0.717, 1.165) is 6.42 Å². The summed E-state index contributed by atoms with van der Waals surface area (Å²) in [7, 11) is 2.02. The van der Waals surface area contributed by atoms with Crippen molar-refractivity contribution in [3.63, 3.8) is 0 Å². The Kier molecular flexibility index (Phi) is 3.33. The average molecular weight is 191 g/mol. The number of benzene rings is 1. The maximum Gasteiger partial charge on any atom is 0.0162 e. The van der Waals surface area contributed by atoms with E-state index in [2.05, 4.69) is 51.2 Å². The molecule has 0 aliphatic carbocycles. The largest absolute Gasteiger partial charge is 0.314 e. The van der Waals surface area contributed by atoms with E-state index < -0.39 is 0 Å². The molecular formula is C13H21N. The smallest absolute Gasteiger partial charge is 0.0162 e. The topological polar surface area (TPSA) is 12.0 Å². The molecule has 1 N–H and O–H groups in total. The van der Waals surface area contributed by atoms with Crippen LogP contribution in [0.2, 0.25) is 0 Å². The van der Waals surface area contributed by atoms with Crippen LogP contribution < -0.4 is 5.32 Å². The standard InChI is InChI=1S/C13H21N/c1-10-7-6-8-12(11(10)2)9-13(3,4)14-5/h6-8,14H,9H2,1-5H3. The van der Waals surface area contributed by atoms with Gasteiger partial charge >= 0.3 is 0 Å². The van der Waals surface area contributed by atoms with Crippen LogP contribution in [-0.4, -0.2) is 12.6 Å². The first kappa shape index (κ1) is 11.3. The second-order valence-electron chi connectivity index (χ2n) is 4.67. The highest BCUT2D eigenvalue weighted by molar-refractivity contribution is 5.34. The zero-order valence-corrected chi connectivity index (χ0v) is 9.94. The van der Waals surface area contributed by atoms with Gasteiger partial charge in [0.2, 0.25) is 0 Å². The molecule has 0 aromatic heterocycles. The summed E-state index contributed by atoms with van der Waals surface area (Å²) in [5, 5.41) is 3.34. The van der Waals surface area contributed by atoms with Gasteiger partial charge in [0.1, 0.15) is 0 Å². The summed E-state index contributed by atoms with van der Waals surface area (Å²) >= 11 is 0. The predicted octanol–water partition coefficient (Wildman–Crippen LogP) is 2.84. The van der Waals surface area contributed by atoms with E-state index in [9.17, 15) is 0 Å². The lowest BCUT2D eigenvalue weighted by Crippen LogP contribution is -2.38. The lowest BCUT2D eigenvalue weighted by atomic mass is 9.91. The number of nitrogens with one attached hydrogen (secondary N) is 1. The van der Waals surface area contributed by atoms with Crippen LogP contribution >= 0.6 is 0 Å². The first-order valence-corrected chi connectivity index (χ1v) is 5.20. The van der Waals surface area contributed by atoms with Crippen molar-refractivity contribution in [1.82, 2.24) is 5.32 Å². The van der Waals surface area contributed by atoms with Gasteiger partial charge < -0.3 is 5.32 Å². The Morgan fingerprint density at radius 3 is 2.43 bits per heavy atom. The minimum Gasteiger partial charge on any atom is -0.314 e. The number of rotatable bonds is 3. The van der Waals surface area contributed by atoms with Gasteiger partial charge in [-0.05, 0) is 57.9 Å². The monoisotopic (exact) mass is 191 g/mol. The van der Waals surface area contributed by atoms with Crippen molar-refractivity contribution in [2.24, 2.45) is 0 Å².